The van der Waals surface area contributed by atoms with E-state index in [-0.39, 0.29) is 25.1 Å². The second-order valence-corrected chi connectivity index (χ2v) is 7.13. The van der Waals surface area contributed by atoms with Crippen LogP contribution in [0.2, 0.25) is 0 Å². The molecule has 0 aromatic heterocycles. The van der Waals surface area contributed by atoms with Crippen LogP contribution in [0.4, 0.5) is 30.2 Å². The van der Waals surface area contributed by atoms with Crippen molar-refractivity contribution in [2.24, 2.45) is 5.92 Å². The second-order valence-electron chi connectivity index (χ2n) is 5.88. The predicted molar refractivity (Wildman–Crippen MR) is 106 cm³/mol. The van der Waals surface area contributed by atoms with Crippen LogP contribution in [-0.4, -0.2) is 24.1 Å². The SMILES string of the molecule is O=CCC(CC=O)COc1cc(F)c(F)c(Nc2ccc(I)cc2F)c1[N+](=O)[O-]. The first-order valence-corrected chi connectivity index (χ1v) is 9.24. The largest absolute Gasteiger partial charge is 0.486 e. The maximum absolute atomic E-state index is 14.3. The molecule has 0 aliphatic carbocycles. The van der Waals surface area contributed by atoms with Gasteiger partial charge in [-0.25, -0.2) is 13.2 Å². The van der Waals surface area contributed by atoms with Crippen molar-refractivity contribution in [3.05, 3.63) is 55.4 Å². The fourth-order valence-electron chi connectivity index (χ4n) is 2.44. The summed E-state index contributed by atoms with van der Waals surface area (Å²) in [6, 6.07) is 4.28. The molecule has 154 valence electrons. The Bertz CT molecular complexity index is 932. The Balaban J connectivity index is 2.46. The van der Waals surface area contributed by atoms with Gasteiger partial charge in [0, 0.05) is 28.4 Å². The number of ether oxygens (including phenoxy) is 1. The number of halogens is 4. The van der Waals surface area contributed by atoms with E-state index in [0.717, 1.165) is 6.07 Å². The number of carbonyl (C=O) groups is 2. The molecule has 0 aliphatic rings. The van der Waals surface area contributed by atoms with Crippen LogP contribution in [0, 0.1) is 37.1 Å². The van der Waals surface area contributed by atoms with Crippen LogP contribution in [0.25, 0.3) is 0 Å². The number of nitro groups is 1. The Labute approximate surface area is 176 Å². The molecule has 0 fully saturated rings. The van der Waals surface area contributed by atoms with Gasteiger partial charge in [0.15, 0.2) is 17.3 Å². The molecule has 0 saturated heterocycles. The average Bonchev–Trinajstić information content (AvgIpc) is 2.65. The predicted octanol–water partition coefficient (Wildman–Crippen LogP) is 4.53. The van der Waals surface area contributed by atoms with Gasteiger partial charge >= 0.3 is 5.69 Å². The second kappa shape index (κ2) is 10.2. The van der Waals surface area contributed by atoms with Crippen LogP contribution in [0.3, 0.4) is 0 Å². The number of hydrogen-bond acceptors (Lipinski definition) is 6. The average molecular weight is 522 g/mol. The van der Waals surface area contributed by atoms with E-state index in [1.807, 2.05) is 22.6 Å². The molecule has 0 aliphatic heterocycles. The monoisotopic (exact) mass is 522 g/mol. The van der Waals surface area contributed by atoms with E-state index in [2.05, 4.69) is 5.32 Å². The number of nitrogens with one attached hydrogen (secondary N) is 1. The van der Waals surface area contributed by atoms with Gasteiger partial charge in [-0.1, -0.05) is 0 Å². The van der Waals surface area contributed by atoms with Gasteiger partial charge in [0.25, 0.3) is 0 Å². The number of carbonyl (C=O) groups excluding carboxylic acids is 2. The lowest BCUT2D eigenvalue weighted by molar-refractivity contribution is -0.385. The highest BCUT2D eigenvalue weighted by atomic mass is 127. The molecule has 0 saturated carbocycles. The third kappa shape index (κ3) is 5.65. The number of aldehydes is 2. The van der Waals surface area contributed by atoms with Crippen molar-refractivity contribution in [1.82, 2.24) is 0 Å². The van der Waals surface area contributed by atoms with Gasteiger partial charge < -0.3 is 19.6 Å². The van der Waals surface area contributed by atoms with Crippen molar-refractivity contribution in [1.29, 1.82) is 0 Å². The van der Waals surface area contributed by atoms with Gasteiger partial charge in [-0.2, -0.15) is 0 Å². The summed E-state index contributed by atoms with van der Waals surface area (Å²) in [6.45, 7) is -0.319. The van der Waals surface area contributed by atoms with E-state index in [1.165, 1.54) is 12.1 Å². The molecule has 1 N–H and O–H groups in total. The first-order chi connectivity index (χ1) is 13.8. The van der Waals surface area contributed by atoms with Crippen molar-refractivity contribution in [2.75, 3.05) is 11.9 Å². The van der Waals surface area contributed by atoms with Crippen molar-refractivity contribution < 1.29 is 32.4 Å². The molecule has 0 heterocycles. The van der Waals surface area contributed by atoms with Crippen molar-refractivity contribution in [3.8, 4) is 5.75 Å². The molecule has 0 atom stereocenters. The molecule has 29 heavy (non-hydrogen) atoms. The number of anilines is 2. The maximum atomic E-state index is 14.3. The van der Waals surface area contributed by atoms with Gasteiger partial charge in [-0.15, -0.1) is 0 Å². The first-order valence-electron chi connectivity index (χ1n) is 8.17. The van der Waals surface area contributed by atoms with E-state index in [9.17, 15) is 32.9 Å². The fourth-order valence-corrected chi connectivity index (χ4v) is 2.89. The normalized spacial score (nSPS) is 10.7. The number of nitrogens with zero attached hydrogens (tertiary/aromatic N) is 1. The smallest absolute Gasteiger partial charge is 0.337 e. The first kappa shape index (κ1) is 22.6. The zero-order valence-electron chi connectivity index (χ0n) is 14.7. The van der Waals surface area contributed by atoms with Gasteiger partial charge in [0.2, 0.25) is 5.75 Å². The summed E-state index contributed by atoms with van der Waals surface area (Å²) in [4.78, 5) is 31.8. The zero-order chi connectivity index (χ0) is 21.6. The molecule has 0 unspecified atom stereocenters. The van der Waals surface area contributed by atoms with E-state index in [1.54, 1.807) is 0 Å². The molecule has 2 aromatic rings. The molecule has 11 heteroatoms. The summed E-state index contributed by atoms with van der Waals surface area (Å²) in [5.41, 5.74) is -2.16. The number of hydrogen-bond donors (Lipinski definition) is 1. The summed E-state index contributed by atoms with van der Waals surface area (Å²) < 4.78 is 48.2. The van der Waals surface area contributed by atoms with Gasteiger partial charge in [0.1, 0.15) is 18.4 Å². The zero-order valence-corrected chi connectivity index (χ0v) is 16.8. The Morgan fingerprint density at radius 2 is 1.79 bits per heavy atom. The highest BCUT2D eigenvalue weighted by Gasteiger charge is 2.30. The molecule has 0 bridgehead atoms. The topological polar surface area (TPSA) is 98.5 Å². The lowest BCUT2D eigenvalue weighted by Gasteiger charge is -2.16. The third-order valence-electron chi connectivity index (χ3n) is 3.86. The van der Waals surface area contributed by atoms with Gasteiger partial charge in [0.05, 0.1) is 17.2 Å². The summed E-state index contributed by atoms with van der Waals surface area (Å²) in [5.74, 6) is -5.08. The highest BCUT2D eigenvalue weighted by molar-refractivity contribution is 14.1. The Morgan fingerprint density at radius 3 is 2.34 bits per heavy atom. The standard InChI is InChI=1S/C18H14F3IN2O5/c19-12-7-11(22)1-2-14(12)23-17-16(21)13(20)8-15(18(17)24(27)28)29-9-10(3-5-25)4-6-26/h1-2,5-8,10,23H,3-4,9H2. The van der Waals surface area contributed by atoms with Crippen LogP contribution in [0.5, 0.6) is 5.75 Å². The summed E-state index contributed by atoms with van der Waals surface area (Å²) >= 11 is 1.84. The van der Waals surface area contributed by atoms with Crippen LogP contribution in [0.15, 0.2) is 24.3 Å². The van der Waals surface area contributed by atoms with E-state index < -0.39 is 45.4 Å². The molecule has 2 aromatic carbocycles. The number of nitro benzene ring substituents is 1. The van der Waals surface area contributed by atoms with E-state index in [0.29, 0.717) is 22.2 Å². The van der Waals surface area contributed by atoms with Crippen molar-refractivity contribution in [3.63, 3.8) is 0 Å². The molecule has 0 amide bonds. The van der Waals surface area contributed by atoms with Crippen molar-refractivity contribution >= 4 is 52.2 Å². The highest BCUT2D eigenvalue weighted by Crippen LogP contribution is 2.40. The van der Waals surface area contributed by atoms with Crippen LogP contribution in [0.1, 0.15) is 12.8 Å². The Hall–Kier alpha value is -2.70. The third-order valence-corrected chi connectivity index (χ3v) is 4.54. The molecule has 0 radical (unpaired) electrons. The minimum atomic E-state index is -1.58. The van der Waals surface area contributed by atoms with E-state index >= 15 is 0 Å². The molecule has 2 rings (SSSR count). The Kier molecular flexibility index (Phi) is 7.93. The fraction of sp³-hybridized carbons (Fsp3) is 0.222. The molecule has 0 spiro atoms. The number of benzene rings is 2. The lowest BCUT2D eigenvalue weighted by atomic mass is 10.0. The van der Waals surface area contributed by atoms with Crippen LogP contribution >= 0.6 is 22.6 Å². The number of rotatable bonds is 10. The molecular formula is C18H14F3IN2O5. The summed E-state index contributed by atoms with van der Waals surface area (Å²) in [5, 5.41) is 13.7. The maximum Gasteiger partial charge on any atom is 0.337 e. The van der Waals surface area contributed by atoms with Crippen LogP contribution in [-0.2, 0) is 9.59 Å². The molecular weight excluding hydrogens is 508 g/mol. The minimum Gasteiger partial charge on any atom is -0.486 e. The summed E-state index contributed by atoms with van der Waals surface area (Å²) in [7, 11) is 0. The minimum absolute atomic E-state index is 0.0603. The van der Waals surface area contributed by atoms with Gasteiger partial charge in [-0.3, -0.25) is 10.1 Å². The Morgan fingerprint density at radius 1 is 1.14 bits per heavy atom. The quantitative estimate of drug-likeness (QED) is 0.213. The molecule has 7 nitrogen and oxygen atoms in total. The van der Waals surface area contributed by atoms with E-state index in [4.69, 9.17) is 4.74 Å². The summed E-state index contributed by atoms with van der Waals surface area (Å²) in [6.07, 6.45) is 0.970. The van der Waals surface area contributed by atoms with Gasteiger partial charge in [-0.05, 0) is 40.8 Å². The lowest BCUT2D eigenvalue weighted by Crippen LogP contribution is -2.15. The van der Waals surface area contributed by atoms with Crippen LogP contribution < -0.4 is 10.1 Å². The van der Waals surface area contributed by atoms with Crippen molar-refractivity contribution in [2.45, 2.75) is 12.8 Å².